The molecule has 0 fully saturated rings. The van der Waals surface area contributed by atoms with Crippen molar-refractivity contribution in [1.29, 1.82) is 0 Å². The van der Waals surface area contributed by atoms with Gasteiger partial charge in [-0.1, -0.05) is 61.7 Å². The average molecular weight is 360 g/mol. The number of halogens is 3. The van der Waals surface area contributed by atoms with Crippen LogP contribution in [0.2, 0.25) is 0 Å². The topological polar surface area (TPSA) is 17.1 Å². The van der Waals surface area contributed by atoms with Crippen LogP contribution in [0.3, 0.4) is 0 Å². The van der Waals surface area contributed by atoms with Crippen LogP contribution < -0.4 is 0 Å². The first kappa shape index (κ1) is 11.9. The van der Waals surface area contributed by atoms with Crippen LogP contribution in [0.5, 0.6) is 0 Å². The molecular formula is C12H5Br2ClO. The summed E-state index contributed by atoms with van der Waals surface area (Å²) < 4.78 is 1.86. The largest absolute Gasteiger partial charge is 0.232 e. The first-order valence-corrected chi connectivity index (χ1v) is 6.39. The number of carbonyl (C=O) groups excluding carboxylic acids is 1. The van der Waals surface area contributed by atoms with E-state index in [1.165, 1.54) is 0 Å². The van der Waals surface area contributed by atoms with E-state index in [1.807, 2.05) is 24.3 Å². The Morgan fingerprint density at radius 1 is 1.12 bits per heavy atom. The number of hydrogen-bond donors (Lipinski definition) is 0. The molecule has 0 aliphatic rings. The molecule has 0 aliphatic heterocycles. The Kier molecular flexibility index (Phi) is 3.50. The summed E-state index contributed by atoms with van der Waals surface area (Å²) in [5, 5.41) is 2.00. The molecule has 2 aromatic rings. The molecule has 0 amide bonds. The molecule has 0 aliphatic carbocycles. The predicted molar refractivity (Wildman–Crippen MR) is 74.3 cm³/mol. The molecule has 0 spiro atoms. The lowest BCUT2D eigenvalue weighted by Gasteiger charge is -2.07. The van der Waals surface area contributed by atoms with Crippen molar-refractivity contribution < 1.29 is 4.79 Å². The SMILES string of the molecule is O=C=C(Cl)c1ccc(Br)c2cccc(Br)c12. The maximum absolute atomic E-state index is 10.6. The van der Waals surface area contributed by atoms with Gasteiger partial charge in [-0.3, -0.25) is 0 Å². The van der Waals surface area contributed by atoms with Gasteiger partial charge in [0.25, 0.3) is 0 Å². The third-order valence-electron chi connectivity index (χ3n) is 2.26. The van der Waals surface area contributed by atoms with Crippen molar-refractivity contribution in [2.45, 2.75) is 0 Å². The molecular weight excluding hydrogens is 355 g/mol. The van der Waals surface area contributed by atoms with Gasteiger partial charge in [0, 0.05) is 19.9 Å². The first-order chi connectivity index (χ1) is 7.65. The van der Waals surface area contributed by atoms with E-state index < -0.39 is 0 Å². The Morgan fingerprint density at radius 3 is 2.56 bits per heavy atom. The molecule has 0 heterocycles. The summed E-state index contributed by atoms with van der Waals surface area (Å²) in [4.78, 5) is 10.6. The highest BCUT2D eigenvalue weighted by Crippen LogP contribution is 2.35. The molecule has 0 atom stereocenters. The Hall–Kier alpha value is -0.600. The van der Waals surface area contributed by atoms with Crippen LogP contribution in [0.4, 0.5) is 0 Å². The molecule has 0 radical (unpaired) electrons. The van der Waals surface area contributed by atoms with Gasteiger partial charge in [-0.25, -0.2) is 4.79 Å². The molecule has 2 aromatic carbocycles. The highest BCUT2D eigenvalue weighted by molar-refractivity contribution is 9.11. The average Bonchev–Trinajstić information content (AvgIpc) is 2.30. The predicted octanol–water partition coefficient (Wildman–Crippen LogP) is 4.78. The summed E-state index contributed by atoms with van der Waals surface area (Å²) in [6.45, 7) is 0. The van der Waals surface area contributed by atoms with Crippen LogP contribution in [0.1, 0.15) is 5.56 Å². The van der Waals surface area contributed by atoms with Gasteiger partial charge >= 0.3 is 0 Å². The molecule has 0 unspecified atom stereocenters. The van der Waals surface area contributed by atoms with Gasteiger partial charge in [-0.05, 0) is 17.5 Å². The smallest absolute Gasteiger partial charge is 0.145 e. The Balaban J connectivity index is 2.98. The van der Waals surface area contributed by atoms with Gasteiger partial charge in [0.2, 0.25) is 0 Å². The second kappa shape index (κ2) is 4.72. The van der Waals surface area contributed by atoms with Crippen molar-refractivity contribution in [1.82, 2.24) is 0 Å². The third-order valence-corrected chi connectivity index (χ3v) is 3.90. The molecule has 1 nitrogen and oxygen atoms in total. The van der Waals surface area contributed by atoms with Gasteiger partial charge < -0.3 is 0 Å². The highest BCUT2D eigenvalue weighted by atomic mass is 79.9. The summed E-state index contributed by atoms with van der Waals surface area (Å²) in [5.41, 5.74) is 0.683. The number of fused-ring (bicyclic) bond motifs is 1. The monoisotopic (exact) mass is 358 g/mol. The zero-order valence-electron chi connectivity index (χ0n) is 7.93. The van der Waals surface area contributed by atoms with E-state index in [0.29, 0.717) is 5.56 Å². The zero-order chi connectivity index (χ0) is 11.7. The Morgan fingerprint density at radius 2 is 1.88 bits per heavy atom. The van der Waals surface area contributed by atoms with Crippen molar-refractivity contribution in [3.05, 3.63) is 44.8 Å². The second-order valence-corrected chi connectivity index (χ2v) is 5.26. The summed E-state index contributed by atoms with van der Waals surface area (Å²) in [6.07, 6.45) is 0. The highest BCUT2D eigenvalue weighted by Gasteiger charge is 2.10. The molecule has 0 N–H and O–H groups in total. The lowest BCUT2D eigenvalue weighted by molar-refractivity contribution is 0.570. The molecule has 0 saturated heterocycles. The van der Waals surface area contributed by atoms with Crippen LogP contribution in [-0.4, -0.2) is 5.94 Å². The summed E-state index contributed by atoms with van der Waals surface area (Å²) in [6, 6.07) is 9.46. The quantitative estimate of drug-likeness (QED) is 0.669. The molecule has 0 aromatic heterocycles. The molecule has 80 valence electrons. The van der Waals surface area contributed by atoms with Gasteiger partial charge in [0.05, 0.1) is 0 Å². The van der Waals surface area contributed by atoms with Gasteiger partial charge in [0.1, 0.15) is 11.0 Å². The number of benzene rings is 2. The van der Waals surface area contributed by atoms with Crippen LogP contribution in [0, 0.1) is 0 Å². The van der Waals surface area contributed by atoms with E-state index in [2.05, 4.69) is 31.9 Å². The standard InChI is InChI=1S/C12H5Br2ClO/c13-9-5-4-8(11(15)6-16)12-7(9)2-1-3-10(12)14/h1-5H. The van der Waals surface area contributed by atoms with E-state index in [-0.39, 0.29) is 5.03 Å². The van der Waals surface area contributed by atoms with Crippen molar-refractivity contribution in [3.63, 3.8) is 0 Å². The fourth-order valence-electron chi connectivity index (χ4n) is 1.56. The fourth-order valence-corrected chi connectivity index (χ4v) is 2.76. The van der Waals surface area contributed by atoms with Crippen LogP contribution in [0.25, 0.3) is 15.8 Å². The van der Waals surface area contributed by atoms with Gasteiger partial charge in [-0.15, -0.1) is 0 Å². The Labute approximate surface area is 114 Å². The Bertz CT molecular complexity index is 616. The maximum atomic E-state index is 10.6. The third kappa shape index (κ3) is 1.96. The lowest BCUT2D eigenvalue weighted by atomic mass is 10.0. The van der Waals surface area contributed by atoms with Crippen molar-refractivity contribution in [3.8, 4) is 0 Å². The molecule has 4 heteroatoms. The summed E-state index contributed by atoms with van der Waals surface area (Å²) in [7, 11) is 0. The van der Waals surface area contributed by atoms with Gasteiger partial charge in [-0.2, -0.15) is 0 Å². The molecule has 16 heavy (non-hydrogen) atoms. The van der Waals surface area contributed by atoms with Crippen LogP contribution in [0.15, 0.2) is 39.3 Å². The fraction of sp³-hybridized carbons (Fsp3) is 0. The second-order valence-electron chi connectivity index (χ2n) is 3.17. The van der Waals surface area contributed by atoms with Crippen molar-refractivity contribution >= 4 is 65.2 Å². The van der Waals surface area contributed by atoms with Crippen LogP contribution >= 0.6 is 43.5 Å². The van der Waals surface area contributed by atoms with E-state index >= 15 is 0 Å². The normalized spacial score (nSPS) is 10.2. The van der Waals surface area contributed by atoms with Gasteiger partial charge in [0.15, 0.2) is 0 Å². The first-order valence-electron chi connectivity index (χ1n) is 4.43. The lowest BCUT2D eigenvalue weighted by Crippen LogP contribution is -1.85. The van der Waals surface area contributed by atoms with E-state index in [4.69, 9.17) is 11.6 Å². The number of hydrogen-bond acceptors (Lipinski definition) is 1. The summed E-state index contributed by atoms with van der Waals surface area (Å²) in [5.74, 6) is 1.72. The molecule has 2 rings (SSSR count). The van der Waals surface area contributed by atoms with Crippen molar-refractivity contribution in [2.75, 3.05) is 0 Å². The summed E-state index contributed by atoms with van der Waals surface area (Å²) >= 11 is 12.8. The molecule has 0 bridgehead atoms. The maximum Gasteiger partial charge on any atom is 0.145 e. The van der Waals surface area contributed by atoms with E-state index in [0.717, 1.165) is 19.7 Å². The van der Waals surface area contributed by atoms with E-state index in [9.17, 15) is 4.79 Å². The number of rotatable bonds is 1. The van der Waals surface area contributed by atoms with Crippen LogP contribution in [-0.2, 0) is 4.79 Å². The minimum Gasteiger partial charge on any atom is -0.232 e. The molecule has 0 saturated carbocycles. The minimum absolute atomic E-state index is 0.0874. The van der Waals surface area contributed by atoms with Crippen molar-refractivity contribution in [2.24, 2.45) is 0 Å². The zero-order valence-corrected chi connectivity index (χ0v) is 11.9. The minimum atomic E-state index is 0.0874. The van der Waals surface area contributed by atoms with E-state index in [1.54, 1.807) is 12.0 Å².